The smallest absolute Gasteiger partial charge is 0.387 e. The average molecular weight is 309 g/mol. The van der Waals surface area contributed by atoms with Crippen molar-refractivity contribution in [3.8, 4) is 11.8 Å². The van der Waals surface area contributed by atoms with Gasteiger partial charge in [-0.15, -0.1) is 0 Å². The maximum Gasteiger partial charge on any atom is 0.387 e. The molecule has 6 heteroatoms. The second-order valence-corrected chi connectivity index (χ2v) is 4.57. The third-order valence-electron chi connectivity index (χ3n) is 2.73. The van der Waals surface area contributed by atoms with E-state index in [4.69, 9.17) is 11.6 Å². The highest BCUT2D eigenvalue weighted by atomic mass is 35.5. The highest BCUT2D eigenvalue weighted by Crippen LogP contribution is 2.29. The minimum atomic E-state index is -2.94. The van der Waals surface area contributed by atoms with Crippen molar-refractivity contribution in [1.82, 2.24) is 0 Å². The number of anilines is 1. The molecule has 0 aliphatic rings. The Hall–Kier alpha value is -2.32. The fourth-order valence-electron chi connectivity index (χ4n) is 1.81. The number of nitrogens with one attached hydrogen (secondary N) is 1. The molecule has 0 spiro atoms. The van der Waals surface area contributed by atoms with Crippen molar-refractivity contribution in [3.63, 3.8) is 0 Å². The average Bonchev–Trinajstić information content (AvgIpc) is 2.47. The summed E-state index contributed by atoms with van der Waals surface area (Å²) in [6, 6.07) is 14.1. The van der Waals surface area contributed by atoms with Crippen LogP contribution in [0.1, 0.15) is 11.6 Å². The number of nitriles is 1. The molecular formula is C15H11ClF2N2O. The molecule has 108 valence electrons. The number of hydrogen-bond donors (Lipinski definition) is 1. The van der Waals surface area contributed by atoms with Gasteiger partial charge in [-0.2, -0.15) is 14.0 Å². The van der Waals surface area contributed by atoms with Crippen LogP contribution >= 0.6 is 11.6 Å². The zero-order chi connectivity index (χ0) is 15.2. The molecule has 21 heavy (non-hydrogen) atoms. The molecule has 1 unspecified atom stereocenters. The van der Waals surface area contributed by atoms with E-state index in [1.165, 1.54) is 6.07 Å². The molecule has 0 radical (unpaired) electrons. The van der Waals surface area contributed by atoms with E-state index in [1.54, 1.807) is 42.5 Å². The molecule has 0 heterocycles. The number of ether oxygens (including phenoxy) is 1. The third-order valence-corrected chi connectivity index (χ3v) is 2.98. The van der Waals surface area contributed by atoms with Crippen LogP contribution in [-0.4, -0.2) is 6.61 Å². The molecule has 1 N–H and O–H groups in total. The van der Waals surface area contributed by atoms with Gasteiger partial charge < -0.3 is 10.1 Å². The molecule has 1 atom stereocenters. The topological polar surface area (TPSA) is 45.0 Å². The van der Waals surface area contributed by atoms with E-state index in [2.05, 4.69) is 10.1 Å². The monoisotopic (exact) mass is 308 g/mol. The highest BCUT2D eigenvalue weighted by molar-refractivity contribution is 6.30. The normalized spacial score (nSPS) is 11.8. The zero-order valence-electron chi connectivity index (χ0n) is 10.8. The zero-order valence-corrected chi connectivity index (χ0v) is 11.5. The van der Waals surface area contributed by atoms with Gasteiger partial charge in [-0.05, 0) is 30.3 Å². The van der Waals surface area contributed by atoms with Crippen LogP contribution in [-0.2, 0) is 0 Å². The summed E-state index contributed by atoms with van der Waals surface area (Å²) in [6.45, 7) is -2.94. The fourth-order valence-corrected chi connectivity index (χ4v) is 1.94. The van der Waals surface area contributed by atoms with Crippen LogP contribution in [0.15, 0.2) is 48.5 Å². The molecule has 0 fully saturated rings. The number of halogens is 3. The van der Waals surface area contributed by atoms with E-state index in [1.807, 2.05) is 6.07 Å². The van der Waals surface area contributed by atoms with Crippen molar-refractivity contribution >= 4 is 17.3 Å². The van der Waals surface area contributed by atoms with Crippen molar-refractivity contribution < 1.29 is 13.5 Å². The van der Waals surface area contributed by atoms with Gasteiger partial charge in [-0.1, -0.05) is 29.8 Å². The number of para-hydroxylation sites is 1. The van der Waals surface area contributed by atoms with Gasteiger partial charge in [0, 0.05) is 16.3 Å². The van der Waals surface area contributed by atoms with Crippen LogP contribution in [0, 0.1) is 11.3 Å². The molecule has 0 aromatic heterocycles. The number of rotatable bonds is 5. The number of benzene rings is 2. The Kier molecular flexibility index (Phi) is 4.96. The first-order chi connectivity index (χ1) is 10.1. The third kappa shape index (κ3) is 4.07. The largest absolute Gasteiger partial charge is 0.434 e. The lowest BCUT2D eigenvalue weighted by Gasteiger charge is -2.17. The van der Waals surface area contributed by atoms with Gasteiger partial charge in [-0.3, -0.25) is 0 Å². The van der Waals surface area contributed by atoms with E-state index in [0.29, 0.717) is 16.3 Å². The van der Waals surface area contributed by atoms with Crippen molar-refractivity contribution in [1.29, 1.82) is 5.26 Å². The summed E-state index contributed by atoms with van der Waals surface area (Å²) in [5, 5.41) is 12.8. The first-order valence-electron chi connectivity index (χ1n) is 6.05. The molecular weight excluding hydrogens is 298 g/mol. The maximum atomic E-state index is 12.4. The Balaban J connectivity index is 2.25. The highest BCUT2D eigenvalue weighted by Gasteiger charge is 2.17. The predicted octanol–water partition coefficient (Wildman–Crippen LogP) is 4.62. The predicted molar refractivity (Wildman–Crippen MR) is 76.5 cm³/mol. The molecule has 3 nitrogen and oxygen atoms in total. The van der Waals surface area contributed by atoms with Gasteiger partial charge in [0.1, 0.15) is 11.8 Å². The lowest BCUT2D eigenvalue weighted by atomic mass is 10.1. The summed E-state index contributed by atoms with van der Waals surface area (Å²) in [4.78, 5) is 0. The first kappa shape index (κ1) is 15.1. The Morgan fingerprint density at radius 1 is 1.10 bits per heavy atom. The molecule has 0 bridgehead atoms. The van der Waals surface area contributed by atoms with Gasteiger partial charge >= 0.3 is 6.61 Å². The van der Waals surface area contributed by atoms with E-state index >= 15 is 0 Å². The molecule has 0 amide bonds. The minimum absolute atomic E-state index is 0.0273. The van der Waals surface area contributed by atoms with Crippen LogP contribution in [0.25, 0.3) is 0 Å². The Morgan fingerprint density at radius 3 is 2.38 bits per heavy atom. The first-order valence-corrected chi connectivity index (χ1v) is 6.43. The summed E-state index contributed by atoms with van der Waals surface area (Å²) in [5.74, 6) is -0.0273. The van der Waals surface area contributed by atoms with Gasteiger partial charge in [0.2, 0.25) is 0 Å². The SMILES string of the molecule is N#CC(Nc1ccc(Cl)cc1)c1ccccc1OC(F)F. The summed E-state index contributed by atoms with van der Waals surface area (Å²) in [5.41, 5.74) is 0.994. The van der Waals surface area contributed by atoms with E-state index in [0.717, 1.165) is 0 Å². The Labute approximate surface area is 125 Å². The van der Waals surface area contributed by atoms with Gasteiger partial charge in [0.15, 0.2) is 0 Å². The number of alkyl halides is 2. The molecule has 0 aliphatic carbocycles. The summed E-state index contributed by atoms with van der Waals surface area (Å²) < 4.78 is 29.2. The lowest BCUT2D eigenvalue weighted by molar-refractivity contribution is -0.0504. The van der Waals surface area contributed by atoms with Gasteiger partial charge in [0.25, 0.3) is 0 Å². The molecule has 0 saturated heterocycles. The van der Waals surface area contributed by atoms with Gasteiger partial charge in [0.05, 0.1) is 6.07 Å². The molecule has 2 aromatic carbocycles. The van der Waals surface area contributed by atoms with Crippen molar-refractivity contribution in [2.24, 2.45) is 0 Å². The second kappa shape index (κ2) is 6.91. The van der Waals surface area contributed by atoms with Crippen LogP contribution in [0.2, 0.25) is 5.02 Å². The molecule has 0 aliphatic heterocycles. The molecule has 0 saturated carbocycles. The summed E-state index contributed by atoms with van der Waals surface area (Å²) in [7, 11) is 0. The Bertz CT molecular complexity index is 641. The van der Waals surface area contributed by atoms with E-state index < -0.39 is 12.7 Å². The summed E-state index contributed by atoms with van der Waals surface area (Å²) in [6.07, 6.45) is 0. The number of hydrogen-bond acceptors (Lipinski definition) is 3. The quantitative estimate of drug-likeness (QED) is 0.876. The lowest BCUT2D eigenvalue weighted by Crippen LogP contribution is -2.12. The maximum absolute atomic E-state index is 12.4. The van der Waals surface area contributed by atoms with Crippen LogP contribution in [0.3, 0.4) is 0 Å². The Morgan fingerprint density at radius 2 is 1.76 bits per heavy atom. The minimum Gasteiger partial charge on any atom is -0.434 e. The summed E-state index contributed by atoms with van der Waals surface area (Å²) >= 11 is 5.79. The molecule has 2 aromatic rings. The van der Waals surface area contributed by atoms with Crippen LogP contribution in [0.5, 0.6) is 5.75 Å². The van der Waals surface area contributed by atoms with E-state index in [9.17, 15) is 14.0 Å². The fraction of sp³-hybridized carbons (Fsp3) is 0.133. The number of nitrogens with zero attached hydrogens (tertiary/aromatic N) is 1. The van der Waals surface area contributed by atoms with Crippen molar-refractivity contribution in [3.05, 3.63) is 59.1 Å². The van der Waals surface area contributed by atoms with E-state index in [-0.39, 0.29) is 5.75 Å². The van der Waals surface area contributed by atoms with Crippen molar-refractivity contribution in [2.45, 2.75) is 12.7 Å². The van der Waals surface area contributed by atoms with Crippen LogP contribution < -0.4 is 10.1 Å². The second-order valence-electron chi connectivity index (χ2n) is 4.13. The van der Waals surface area contributed by atoms with Crippen molar-refractivity contribution in [2.75, 3.05) is 5.32 Å². The van der Waals surface area contributed by atoms with Crippen LogP contribution in [0.4, 0.5) is 14.5 Å². The standard InChI is InChI=1S/C15H11ClF2N2O/c16-10-5-7-11(8-6-10)20-13(9-19)12-3-1-2-4-14(12)21-15(17)18/h1-8,13,15,20H. The molecule has 2 rings (SSSR count). The van der Waals surface area contributed by atoms with Gasteiger partial charge in [-0.25, -0.2) is 0 Å².